The third kappa shape index (κ3) is 4.09. The maximum absolute atomic E-state index is 12.8. The summed E-state index contributed by atoms with van der Waals surface area (Å²) >= 11 is 6.64. The Bertz CT molecular complexity index is 644. The molecule has 2 heterocycles. The van der Waals surface area contributed by atoms with Crippen LogP contribution in [0.25, 0.3) is 0 Å². The Balaban J connectivity index is 1.78. The molecule has 0 aliphatic carbocycles. The molecule has 0 atom stereocenters. The summed E-state index contributed by atoms with van der Waals surface area (Å²) in [7, 11) is 0. The van der Waals surface area contributed by atoms with Gasteiger partial charge in [-0.2, -0.15) is 0 Å². The van der Waals surface area contributed by atoms with Gasteiger partial charge in [-0.15, -0.1) is 0 Å². The fourth-order valence-corrected chi connectivity index (χ4v) is 4.00. The van der Waals surface area contributed by atoms with Crippen molar-refractivity contribution in [2.45, 2.75) is 32.6 Å². The number of likely N-dealkylation sites (tertiary alicyclic amines) is 1. The molecule has 0 saturated carbocycles. The summed E-state index contributed by atoms with van der Waals surface area (Å²) in [6, 6.07) is 5.70. The number of hydrogen-bond acceptors (Lipinski definition) is 3. The number of hydrogen-bond donors (Lipinski definition) is 0. The Hall–Kier alpha value is -1.75. The highest BCUT2D eigenvalue weighted by Crippen LogP contribution is 2.31. The summed E-state index contributed by atoms with van der Waals surface area (Å²) in [5, 5.41) is 0.536. The smallest absolute Gasteiger partial charge is 0.255 e. The van der Waals surface area contributed by atoms with Gasteiger partial charge in [0.1, 0.15) is 0 Å². The van der Waals surface area contributed by atoms with Crippen LogP contribution in [-0.2, 0) is 4.79 Å². The first-order chi connectivity index (χ1) is 12.1. The van der Waals surface area contributed by atoms with E-state index < -0.39 is 0 Å². The number of benzene rings is 1. The van der Waals surface area contributed by atoms with Gasteiger partial charge in [-0.1, -0.05) is 17.7 Å². The van der Waals surface area contributed by atoms with Crippen molar-refractivity contribution < 1.29 is 9.59 Å². The molecule has 0 N–H and O–H groups in total. The standard InChI is InChI=1S/C19H26ClN3O2/c1-15(24)21-11-6-12-22(14-13-21)17-8-5-7-16(18(17)20)19(25)23-9-3-2-4-10-23/h5,7-8H,2-4,6,9-14H2,1H3. The largest absolute Gasteiger partial charge is 0.368 e. The third-order valence-electron chi connectivity index (χ3n) is 5.13. The van der Waals surface area contributed by atoms with Gasteiger partial charge in [-0.3, -0.25) is 9.59 Å². The Morgan fingerprint density at radius 1 is 0.880 bits per heavy atom. The van der Waals surface area contributed by atoms with Crippen molar-refractivity contribution >= 4 is 29.1 Å². The van der Waals surface area contributed by atoms with Crippen LogP contribution in [0.3, 0.4) is 0 Å². The molecule has 6 heteroatoms. The number of anilines is 1. The first kappa shape index (κ1) is 18.1. The normalized spacial score (nSPS) is 18.9. The van der Waals surface area contributed by atoms with Crippen LogP contribution in [0.1, 0.15) is 43.0 Å². The summed E-state index contributed by atoms with van der Waals surface area (Å²) in [6.07, 6.45) is 4.23. The van der Waals surface area contributed by atoms with Crippen molar-refractivity contribution in [3.05, 3.63) is 28.8 Å². The molecule has 2 saturated heterocycles. The van der Waals surface area contributed by atoms with Crippen LogP contribution in [0, 0.1) is 0 Å². The zero-order valence-corrected chi connectivity index (χ0v) is 15.6. The van der Waals surface area contributed by atoms with Crippen LogP contribution < -0.4 is 4.90 Å². The Morgan fingerprint density at radius 3 is 2.32 bits per heavy atom. The number of piperidine rings is 1. The van der Waals surface area contributed by atoms with E-state index >= 15 is 0 Å². The van der Waals surface area contributed by atoms with Gasteiger partial charge < -0.3 is 14.7 Å². The Kier molecular flexibility index (Phi) is 5.84. The van der Waals surface area contributed by atoms with E-state index in [9.17, 15) is 9.59 Å². The van der Waals surface area contributed by atoms with Crippen molar-refractivity contribution in [1.29, 1.82) is 0 Å². The van der Waals surface area contributed by atoms with Gasteiger partial charge in [0.15, 0.2) is 0 Å². The maximum atomic E-state index is 12.8. The zero-order valence-electron chi connectivity index (χ0n) is 14.8. The van der Waals surface area contributed by atoms with Crippen LogP contribution in [0.2, 0.25) is 5.02 Å². The molecule has 5 nitrogen and oxygen atoms in total. The molecule has 0 spiro atoms. The average molecular weight is 364 g/mol. The summed E-state index contributed by atoms with van der Waals surface area (Å²) in [5.74, 6) is 0.147. The second kappa shape index (κ2) is 8.09. The van der Waals surface area contributed by atoms with E-state index in [1.54, 1.807) is 6.92 Å². The molecule has 1 aromatic carbocycles. The highest BCUT2D eigenvalue weighted by molar-refractivity contribution is 6.36. The number of nitrogens with zero attached hydrogens (tertiary/aromatic N) is 3. The van der Waals surface area contributed by atoms with Crippen molar-refractivity contribution in [3.8, 4) is 0 Å². The van der Waals surface area contributed by atoms with Crippen LogP contribution in [0.5, 0.6) is 0 Å². The molecule has 1 aromatic rings. The lowest BCUT2D eigenvalue weighted by Crippen LogP contribution is -2.36. The average Bonchev–Trinajstić information content (AvgIpc) is 2.88. The highest BCUT2D eigenvalue weighted by Gasteiger charge is 2.24. The Labute approximate surface area is 154 Å². The van der Waals surface area contributed by atoms with Crippen molar-refractivity contribution in [2.24, 2.45) is 0 Å². The Morgan fingerprint density at radius 2 is 1.60 bits per heavy atom. The number of rotatable bonds is 2. The number of carbonyl (C=O) groups is 2. The highest BCUT2D eigenvalue weighted by atomic mass is 35.5. The van der Waals surface area contributed by atoms with Gasteiger partial charge in [-0.25, -0.2) is 0 Å². The summed E-state index contributed by atoms with van der Waals surface area (Å²) in [5.41, 5.74) is 1.49. The molecule has 0 unspecified atom stereocenters. The molecule has 136 valence electrons. The SMILES string of the molecule is CC(=O)N1CCCN(c2cccc(C(=O)N3CCCCC3)c2Cl)CC1. The molecule has 2 aliphatic heterocycles. The van der Waals surface area contributed by atoms with Crippen LogP contribution in [0.4, 0.5) is 5.69 Å². The summed E-state index contributed by atoms with van der Waals surface area (Å²) in [4.78, 5) is 30.4. The molecule has 3 rings (SSSR count). The molecular formula is C19H26ClN3O2. The number of amides is 2. The van der Waals surface area contributed by atoms with E-state index in [4.69, 9.17) is 11.6 Å². The predicted molar refractivity (Wildman–Crippen MR) is 100 cm³/mol. The quantitative estimate of drug-likeness (QED) is 0.811. The van der Waals surface area contributed by atoms with Crippen molar-refractivity contribution in [3.63, 3.8) is 0 Å². The third-order valence-corrected chi connectivity index (χ3v) is 5.53. The second-order valence-electron chi connectivity index (χ2n) is 6.84. The van der Waals surface area contributed by atoms with Crippen LogP contribution in [0.15, 0.2) is 18.2 Å². The van der Waals surface area contributed by atoms with Gasteiger partial charge in [0, 0.05) is 46.2 Å². The lowest BCUT2D eigenvalue weighted by atomic mass is 10.1. The van der Waals surface area contributed by atoms with E-state index in [0.29, 0.717) is 17.1 Å². The van der Waals surface area contributed by atoms with Gasteiger partial charge in [0.2, 0.25) is 5.91 Å². The maximum Gasteiger partial charge on any atom is 0.255 e. The number of carbonyl (C=O) groups excluding carboxylic acids is 2. The fourth-order valence-electron chi connectivity index (χ4n) is 3.67. The molecular weight excluding hydrogens is 338 g/mol. The fraction of sp³-hybridized carbons (Fsp3) is 0.579. The molecule has 0 aromatic heterocycles. The van der Waals surface area contributed by atoms with E-state index in [0.717, 1.165) is 57.7 Å². The minimum Gasteiger partial charge on any atom is -0.368 e. The first-order valence-electron chi connectivity index (χ1n) is 9.16. The van der Waals surface area contributed by atoms with Gasteiger partial charge in [0.25, 0.3) is 5.91 Å². The first-order valence-corrected chi connectivity index (χ1v) is 9.54. The lowest BCUT2D eigenvalue weighted by molar-refractivity contribution is -0.128. The molecule has 25 heavy (non-hydrogen) atoms. The topological polar surface area (TPSA) is 43.9 Å². The molecule has 2 fully saturated rings. The summed E-state index contributed by atoms with van der Waals surface area (Å²) in [6.45, 7) is 6.28. The second-order valence-corrected chi connectivity index (χ2v) is 7.22. The van der Waals surface area contributed by atoms with Crippen LogP contribution >= 0.6 is 11.6 Å². The van der Waals surface area contributed by atoms with E-state index in [1.807, 2.05) is 28.0 Å². The minimum absolute atomic E-state index is 0.0340. The summed E-state index contributed by atoms with van der Waals surface area (Å²) < 4.78 is 0. The number of halogens is 1. The van der Waals surface area contributed by atoms with E-state index in [2.05, 4.69) is 4.90 Å². The molecule has 0 radical (unpaired) electrons. The van der Waals surface area contributed by atoms with Gasteiger partial charge >= 0.3 is 0 Å². The van der Waals surface area contributed by atoms with Gasteiger partial charge in [-0.05, 0) is 37.8 Å². The van der Waals surface area contributed by atoms with Crippen LogP contribution in [-0.4, -0.2) is 60.9 Å². The van der Waals surface area contributed by atoms with Gasteiger partial charge in [0.05, 0.1) is 16.3 Å². The van der Waals surface area contributed by atoms with Crippen molar-refractivity contribution in [1.82, 2.24) is 9.80 Å². The predicted octanol–water partition coefficient (Wildman–Crippen LogP) is 3.02. The van der Waals surface area contributed by atoms with Crippen molar-refractivity contribution in [2.75, 3.05) is 44.2 Å². The van der Waals surface area contributed by atoms with E-state index in [-0.39, 0.29) is 11.8 Å². The lowest BCUT2D eigenvalue weighted by Gasteiger charge is -2.29. The minimum atomic E-state index is 0.0340. The molecule has 2 amide bonds. The monoisotopic (exact) mass is 363 g/mol. The molecule has 2 aliphatic rings. The van der Waals surface area contributed by atoms with E-state index in [1.165, 1.54) is 6.42 Å². The zero-order chi connectivity index (χ0) is 17.8. The molecule has 0 bridgehead atoms.